The van der Waals surface area contributed by atoms with Gasteiger partial charge in [-0.25, -0.2) is 0 Å². The average Bonchev–Trinajstić information content (AvgIpc) is 3.33. The lowest BCUT2D eigenvalue weighted by Gasteiger charge is -2.38. The molecule has 4 heterocycles. The zero-order chi connectivity index (χ0) is 20.7. The molecule has 0 radical (unpaired) electrons. The van der Waals surface area contributed by atoms with Crippen molar-refractivity contribution in [2.45, 2.75) is 38.0 Å². The third-order valence-corrected chi connectivity index (χ3v) is 6.29. The molecule has 1 spiro atoms. The molecule has 0 N–H and O–H groups in total. The molecule has 3 aliphatic rings. The first-order chi connectivity index (χ1) is 14.6. The number of hydrogen-bond acceptors (Lipinski definition) is 5. The Labute approximate surface area is 175 Å². The fourth-order valence-corrected chi connectivity index (χ4v) is 4.63. The summed E-state index contributed by atoms with van der Waals surface area (Å²) in [5.41, 5.74) is 3.15. The third-order valence-electron chi connectivity index (χ3n) is 6.29. The molecule has 0 bridgehead atoms. The van der Waals surface area contributed by atoms with Crippen molar-refractivity contribution >= 4 is 17.5 Å². The number of likely N-dealkylation sites (tertiary alicyclic amines) is 1. The fourth-order valence-electron chi connectivity index (χ4n) is 4.63. The zero-order valence-corrected chi connectivity index (χ0v) is 17.0. The molecule has 2 saturated heterocycles. The Morgan fingerprint density at radius 3 is 2.53 bits per heavy atom. The average molecular weight is 407 g/mol. The summed E-state index contributed by atoms with van der Waals surface area (Å²) in [7, 11) is 0. The van der Waals surface area contributed by atoms with E-state index in [-0.39, 0.29) is 18.2 Å². The fraction of sp³-hybridized carbons (Fsp3) is 0.435. The van der Waals surface area contributed by atoms with Crippen LogP contribution < -0.4 is 4.90 Å². The maximum atomic E-state index is 13.2. The number of aromatic nitrogens is 1. The van der Waals surface area contributed by atoms with Crippen molar-refractivity contribution in [3.63, 3.8) is 0 Å². The van der Waals surface area contributed by atoms with Gasteiger partial charge in [0.1, 0.15) is 0 Å². The van der Waals surface area contributed by atoms with Crippen LogP contribution in [0.5, 0.6) is 0 Å². The number of benzene rings is 1. The number of amides is 2. The van der Waals surface area contributed by atoms with E-state index in [0.29, 0.717) is 50.4 Å². The van der Waals surface area contributed by atoms with Gasteiger partial charge in [-0.15, -0.1) is 0 Å². The predicted molar refractivity (Wildman–Crippen MR) is 110 cm³/mol. The van der Waals surface area contributed by atoms with Gasteiger partial charge >= 0.3 is 0 Å². The quantitative estimate of drug-likeness (QED) is 0.782. The van der Waals surface area contributed by atoms with Crippen molar-refractivity contribution < 1.29 is 19.1 Å². The number of anilines is 1. The molecule has 5 rings (SSSR count). The van der Waals surface area contributed by atoms with Crippen LogP contribution in [0.25, 0.3) is 0 Å². The van der Waals surface area contributed by atoms with Crippen molar-refractivity contribution in [2.24, 2.45) is 0 Å². The van der Waals surface area contributed by atoms with Gasteiger partial charge in [0.15, 0.2) is 5.79 Å². The highest BCUT2D eigenvalue weighted by molar-refractivity contribution is 6.11. The number of nitrogens with zero attached hydrogens (tertiary/aromatic N) is 3. The molecule has 156 valence electrons. The highest BCUT2D eigenvalue weighted by Gasteiger charge is 2.43. The first-order valence-corrected chi connectivity index (χ1v) is 10.5. The molecule has 0 unspecified atom stereocenters. The van der Waals surface area contributed by atoms with Crippen LogP contribution in [-0.4, -0.2) is 53.8 Å². The van der Waals surface area contributed by atoms with E-state index in [9.17, 15) is 9.59 Å². The number of carbonyl (C=O) groups excluding carboxylic acids is 2. The van der Waals surface area contributed by atoms with Gasteiger partial charge in [-0.05, 0) is 31.2 Å². The van der Waals surface area contributed by atoms with Crippen LogP contribution in [0.15, 0.2) is 42.6 Å². The van der Waals surface area contributed by atoms with Crippen molar-refractivity contribution in [1.82, 2.24) is 9.88 Å². The van der Waals surface area contributed by atoms with Gasteiger partial charge < -0.3 is 14.4 Å². The Balaban J connectivity index is 1.37. The van der Waals surface area contributed by atoms with Crippen molar-refractivity contribution in [2.75, 3.05) is 31.2 Å². The van der Waals surface area contributed by atoms with Crippen LogP contribution in [0, 0.1) is 6.92 Å². The second kappa shape index (κ2) is 7.49. The minimum Gasteiger partial charge on any atom is -0.347 e. The summed E-state index contributed by atoms with van der Waals surface area (Å²) >= 11 is 0. The first kappa shape index (κ1) is 19.2. The third kappa shape index (κ3) is 3.28. The van der Waals surface area contributed by atoms with E-state index in [1.807, 2.05) is 36.1 Å². The van der Waals surface area contributed by atoms with E-state index in [1.165, 1.54) is 0 Å². The first-order valence-electron chi connectivity index (χ1n) is 10.5. The number of aryl methyl sites for hydroxylation is 1. The number of piperidine rings is 1. The van der Waals surface area contributed by atoms with Gasteiger partial charge in [0, 0.05) is 37.8 Å². The van der Waals surface area contributed by atoms with Gasteiger partial charge in [-0.1, -0.05) is 17.7 Å². The summed E-state index contributed by atoms with van der Waals surface area (Å²) in [6.45, 7) is 4.43. The second-order valence-corrected chi connectivity index (χ2v) is 8.16. The van der Waals surface area contributed by atoms with Crippen molar-refractivity contribution in [3.05, 3.63) is 59.4 Å². The molecule has 3 aliphatic heterocycles. The number of pyridine rings is 1. The molecule has 2 fully saturated rings. The SMILES string of the molecule is Cc1ccc(N2C(=O)c3cccnc3[C@H]2CC(=O)N2CCC3(CC2)OCCO3)cc1. The molecule has 0 saturated carbocycles. The number of carbonyl (C=O) groups is 2. The van der Waals surface area contributed by atoms with E-state index < -0.39 is 11.8 Å². The van der Waals surface area contributed by atoms with Gasteiger partial charge in [-0.2, -0.15) is 0 Å². The number of rotatable bonds is 3. The van der Waals surface area contributed by atoms with Crippen LogP contribution in [0.4, 0.5) is 5.69 Å². The van der Waals surface area contributed by atoms with E-state index >= 15 is 0 Å². The molecule has 2 aromatic rings. The van der Waals surface area contributed by atoms with Crippen LogP contribution in [0.2, 0.25) is 0 Å². The lowest BCUT2D eigenvalue weighted by molar-refractivity contribution is -0.187. The Bertz CT molecular complexity index is 959. The maximum absolute atomic E-state index is 13.2. The van der Waals surface area contributed by atoms with Gasteiger partial charge in [0.2, 0.25) is 5.91 Å². The van der Waals surface area contributed by atoms with Gasteiger partial charge in [0.25, 0.3) is 5.91 Å². The minimum absolute atomic E-state index is 0.0243. The molecule has 1 aromatic carbocycles. The van der Waals surface area contributed by atoms with Gasteiger partial charge in [0.05, 0.1) is 36.9 Å². The van der Waals surface area contributed by atoms with E-state index in [1.54, 1.807) is 23.2 Å². The Kier molecular flexibility index (Phi) is 4.79. The molecule has 7 nitrogen and oxygen atoms in total. The molecule has 2 amide bonds. The lowest BCUT2D eigenvalue weighted by Crippen LogP contribution is -2.48. The van der Waals surface area contributed by atoms with Crippen LogP contribution in [0.3, 0.4) is 0 Å². The van der Waals surface area contributed by atoms with Crippen molar-refractivity contribution in [3.8, 4) is 0 Å². The smallest absolute Gasteiger partial charge is 0.260 e. The van der Waals surface area contributed by atoms with E-state index in [4.69, 9.17) is 9.47 Å². The Morgan fingerprint density at radius 1 is 1.13 bits per heavy atom. The summed E-state index contributed by atoms with van der Waals surface area (Å²) < 4.78 is 11.5. The minimum atomic E-state index is -0.512. The second-order valence-electron chi connectivity index (χ2n) is 8.16. The molecular weight excluding hydrogens is 382 g/mol. The van der Waals surface area contributed by atoms with Gasteiger partial charge in [-0.3, -0.25) is 19.5 Å². The highest BCUT2D eigenvalue weighted by Crippen LogP contribution is 2.39. The largest absolute Gasteiger partial charge is 0.347 e. The monoisotopic (exact) mass is 407 g/mol. The summed E-state index contributed by atoms with van der Waals surface area (Å²) in [6.07, 6.45) is 3.25. The predicted octanol–water partition coefficient (Wildman–Crippen LogP) is 2.85. The Morgan fingerprint density at radius 2 is 1.83 bits per heavy atom. The van der Waals surface area contributed by atoms with Crippen LogP contribution >= 0.6 is 0 Å². The normalized spacial score (nSPS) is 22.6. The zero-order valence-electron chi connectivity index (χ0n) is 17.0. The molecule has 30 heavy (non-hydrogen) atoms. The van der Waals surface area contributed by atoms with Crippen molar-refractivity contribution in [1.29, 1.82) is 0 Å². The van der Waals surface area contributed by atoms with E-state index in [0.717, 1.165) is 11.3 Å². The highest BCUT2D eigenvalue weighted by atomic mass is 16.7. The standard InChI is InChI=1S/C23H25N3O4/c1-16-4-6-17(7-5-16)26-19(21-18(22(26)28)3-2-10-24-21)15-20(27)25-11-8-23(9-12-25)29-13-14-30-23/h2-7,10,19H,8-9,11-15H2,1H3/t19-/m1/s1. The summed E-state index contributed by atoms with van der Waals surface area (Å²) in [5, 5.41) is 0. The molecule has 0 aliphatic carbocycles. The molecular formula is C23H25N3O4. The van der Waals surface area contributed by atoms with Crippen LogP contribution in [-0.2, 0) is 14.3 Å². The lowest BCUT2D eigenvalue weighted by atomic mass is 10.0. The number of fused-ring (bicyclic) bond motifs is 1. The molecule has 7 heteroatoms. The number of ether oxygens (including phenoxy) is 2. The molecule has 1 aromatic heterocycles. The topological polar surface area (TPSA) is 72.0 Å². The summed E-state index contributed by atoms with van der Waals surface area (Å²) in [4.78, 5) is 34.4. The number of hydrogen-bond donors (Lipinski definition) is 0. The maximum Gasteiger partial charge on any atom is 0.260 e. The molecule has 1 atom stereocenters. The summed E-state index contributed by atoms with van der Waals surface area (Å²) in [6, 6.07) is 11.0. The van der Waals surface area contributed by atoms with E-state index in [2.05, 4.69) is 4.98 Å². The Hall–Kier alpha value is -2.77. The summed E-state index contributed by atoms with van der Waals surface area (Å²) in [5.74, 6) is -0.594. The van der Waals surface area contributed by atoms with Crippen LogP contribution in [0.1, 0.15) is 46.9 Å².